The topological polar surface area (TPSA) is 3.24 Å². The van der Waals surface area contributed by atoms with E-state index in [0.29, 0.717) is 5.41 Å². The first kappa shape index (κ1) is 10.4. The molecule has 0 atom stereocenters. The molecule has 0 bridgehead atoms. The summed E-state index contributed by atoms with van der Waals surface area (Å²) in [6.07, 6.45) is 2.65. The molecule has 0 aromatic rings. The highest BCUT2D eigenvalue weighted by Gasteiger charge is 2.18. The second kappa shape index (κ2) is 4.52. The highest BCUT2D eigenvalue weighted by molar-refractivity contribution is 7.99. The molecule has 1 saturated heterocycles. The van der Waals surface area contributed by atoms with Gasteiger partial charge in [-0.2, -0.15) is 0 Å². The summed E-state index contributed by atoms with van der Waals surface area (Å²) in [5.74, 6) is 2.60. The van der Waals surface area contributed by atoms with Gasteiger partial charge in [-0.05, 0) is 18.4 Å². The van der Waals surface area contributed by atoms with Gasteiger partial charge in [-0.15, -0.1) is 11.8 Å². The fourth-order valence-electron chi connectivity index (χ4n) is 1.27. The molecule has 0 saturated carbocycles. The average molecular weight is 187 g/mol. The van der Waals surface area contributed by atoms with Crippen molar-refractivity contribution in [2.75, 3.05) is 24.7 Å². The Bertz CT molecular complexity index is 128. The highest BCUT2D eigenvalue weighted by atomic mass is 32.2. The molecule has 72 valence electrons. The van der Waals surface area contributed by atoms with Gasteiger partial charge in [0.15, 0.2) is 0 Å². The minimum Gasteiger partial charge on any atom is -0.293 e. The molecule has 2 heteroatoms. The van der Waals surface area contributed by atoms with E-state index in [4.69, 9.17) is 0 Å². The molecule has 1 fully saturated rings. The third-order valence-corrected chi connectivity index (χ3v) is 3.91. The molecule has 0 spiro atoms. The lowest BCUT2D eigenvalue weighted by atomic mass is 9.86. The quantitative estimate of drug-likeness (QED) is 0.666. The predicted octanol–water partition coefficient (Wildman–Crippen LogP) is 2.82. The minimum absolute atomic E-state index is 0.549. The molecule has 1 rings (SSSR count). The van der Waals surface area contributed by atoms with Gasteiger partial charge >= 0.3 is 0 Å². The predicted molar refractivity (Wildman–Crippen MR) is 57.6 cm³/mol. The first-order valence-electron chi connectivity index (χ1n) is 4.94. The van der Waals surface area contributed by atoms with Crippen LogP contribution in [-0.2, 0) is 0 Å². The van der Waals surface area contributed by atoms with Crippen LogP contribution in [0.4, 0.5) is 0 Å². The summed E-state index contributed by atoms with van der Waals surface area (Å²) in [5, 5.41) is 0. The van der Waals surface area contributed by atoms with E-state index in [2.05, 4.69) is 37.4 Å². The van der Waals surface area contributed by atoms with Crippen molar-refractivity contribution < 1.29 is 0 Å². The normalized spacial score (nSPS) is 20.2. The standard InChI is InChI=1S/C10H21NS/c1-4-10(2,3)5-6-11-7-8-12-9-11/h4-9H2,1-3H3. The van der Waals surface area contributed by atoms with E-state index in [9.17, 15) is 0 Å². The zero-order chi connectivity index (χ0) is 9.03. The summed E-state index contributed by atoms with van der Waals surface area (Å²) in [5.41, 5.74) is 0.549. The molecular weight excluding hydrogens is 166 g/mol. The molecule has 0 aliphatic carbocycles. The fourth-order valence-corrected chi connectivity index (χ4v) is 2.30. The van der Waals surface area contributed by atoms with Crippen LogP contribution in [0.1, 0.15) is 33.6 Å². The average Bonchev–Trinajstić information content (AvgIpc) is 2.53. The van der Waals surface area contributed by atoms with Crippen molar-refractivity contribution in [2.45, 2.75) is 33.6 Å². The Hall–Kier alpha value is 0.310. The molecule has 1 nitrogen and oxygen atoms in total. The van der Waals surface area contributed by atoms with Gasteiger partial charge < -0.3 is 0 Å². The molecule has 0 unspecified atom stereocenters. The molecule has 0 radical (unpaired) electrons. The van der Waals surface area contributed by atoms with Crippen molar-refractivity contribution in [3.05, 3.63) is 0 Å². The van der Waals surface area contributed by atoms with Crippen LogP contribution in [-0.4, -0.2) is 29.6 Å². The Morgan fingerprint density at radius 1 is 1.42 bits per heavy atom. The van der Waals surface area contributed by atoms with Gasteiger partial charge in [0.2, 0.25) is 0 Å². The number of thioether (sulfide) groups is 1. The Morgan fingerprint density at radius 2 is 2.17 bits per heavy atom. The fraction of sp³-hybridized carbons (Fsp3) is 1.00. The van der Waals surface area contributed by atoms with Crippen molar-refractivity contribution in [1.82, 2.24) is 4.90 Å². The van der Waals surface area contributed by atoms with Gasteiger partial charge in [0.25, 0.3) is 0 Å². The monoisotopic (exact) mass is 187 g/mol. The number of hydrogen-bond acceptors (Lipinski definition) is 2. The molecule has 0 amide bonds. The first-order valence-corrected chi connectivity index (χ1v) is 6.09. The van der Waals surface area contributed by atoms with Crippen molar-refractivity contribution in [3.8, 4) is 0 Å². The molecule has 1 heterocycles. The van der Waals surface area contributed by atoms with E-state index in [1.165, 1.54) is 37.6 Å². The Morgan fingerprint density at radius 3 is 2.67 bits per heavy atom. The number of rotatable bonds is 4. The number of nitrogens with zero attached hydrogens (tertiary/aromatic N) is 1. The lowest BCUT2D eigenvalue weighted by Crippen LogP contribution is -2.25. The Labute approximate surface area is 80.9 Å². The SMILES string of the molecule is CCC(C)(C)CCN1CCSC1. The maximum absolute atomic E-state index is 2.57. The van der Waals surface area contributed by atoms with Gasteiger partial charge in [0, 0.05) is 18.2 Å². The van der Waals surface area contributed by atoms with E-state index in [0.717, 1.165) is 0 Å². The van der Waals surface area contributed by atoms with Crippen LogP contribution in [0, 0.1) is 5.41 Å². The lowest BCUT2D eigenvalue weighted by Gasteiger charge is -2.25. The van der Waals surface area contributed by atoms with Gasteiger partial charge in [0.05, 0.1) is 0 Å². The van der Waals surface area contributed by atoms with E-state index in [1.54, 1.807) is 0 Å². The van der Waals surface area contributed by atoms with Crippen LogP contribution in [0.2, 0.25) is 0 Å². The van der Waals surface area contributed by atoms with Crippen molar-refractivity contribution in [3.63, 3.8) is 0 Å². The second-order valence-corrected chi connectivity index (χ2v) is 5.50. The first-order chi connectivity index (χ1) is 5.64. The summed E-state index contributed by atoms with van der Waals surface area (Å²) in [7, 11) is 0. The van der Waals surface area contributed by atoms with Crippen LogP contribution >= 0.6 is 11.8 Å². The molecule has 12 heavy (non-hydrogen) atoms. The summed E-state index contributed by atoms with van der Waals surface area (Å²) in [4.78, 5) is 2.57. The maximum atomic E-state index is 2.57. The summed E-state index contributed by atoms with van der Waals surface area (Å²) in [6, 6.07) is 0. The molecular formula is C10H21NS. The molecule has 1 aliphatic rings. The highest BCUT2D eigenvalue weighted by Crippen LogP contribution is 2.25. The van der Waals surface area contributed by atoms with Crippen LogP contribution < -0.4 is 0 Å². The van der Waals surface area contributed by atoms with Crippen molar-refractivity contribution in [2.24, 2.45) is 5.41 Å². The Balaban J connectivity index is 2.15. The molecule has 0 aromatic carbocycles. The van der Waals surface area contributed by atoms with Crippen LogP contribution in [0.25, 0.3) is 0 Å². The largest absolute Gasteiger partial charge is 0.293 e. The number of hydrogen-bond donors (Lipinski definition) is 0. The van der Waals surface area contributed by atoms with Gasteiger partial charge in [-0.1, -0.05) is 27.2 Å². The van der Waals surface area contributed by atoms with Crippen LogP contribution in [0.15, 0.2) is 0 Å². The molecule has 0 aromatic heterocycles. The summed E-state index contributed by atoms with van der Waals surface area (Å²) in [6.45, 7) is 9.64. The molecule has 1 aliphatic heterocycles. The van der Waals surface area contributed by atoms with Gasteiger partial charge in [-0.3, -0.25) is 4.90 Å². The molecule has 0 N–H and O–H groups in total. The zero-order valence-electron chi connectivity index (χ0n) is 8.60. The van der Waals surface area contributed by atoms with Crippen LogP contribution in [0.5, 0.6) is 0 Å². The van der Waals surface area contributed by atoms with Gasteiger partial charge in [-0.25, -0.2) is 0 Å². The van der Waals surface area contributed by atoms with Crippen LogP contribution in [0.3, 0.4) is 0 Å². The maximum Gasteiger partial charge on any atom is 0.0445 e. The van der Waals surface area contributed by atoms with E-state index < -0.39 is 0 Å². The summed E-state index contributed by atoms with van der Waals surface area (Å²) >= 11 is 2.07. The van der Waals surface area contributed by atoms with Gasteiger partial charge in [0.1, 0.15) is 0 Å². The third-order valence-electron chi connectivity index (χ3n) is 2.89. The van der Waals surface area contributed by atoms with E-state index in [1.807, 2.05) is 0 Å². The Kier molecular flexibility index (Phi) is 3.91. The lowest BCUT2D eigenvalue weighted by molar-refractivity contribution is 0.250. The van der Waals surface area contributed by atoms with Crippen molar-refractivity contribution >= 4 is 11.8 Å². The van der Waals surface area contributed by atoms with Crippen molar-refractivity contribution in [1.29, 1.82) is 0 Å². The smallest absolute Gasteiger partial charge is 0.0445 e. The zero-order valence-corrected chi connectivity index (χ0v) is 9.41. The second-order valence-electron chi connectivity index (χ2n) is 4.42. The van der Waals surface area contributed by atoms with E-state index in [-0.39, 0.29) is 0 Å². The third kappa shape index (κ3) is 3.36. The summed E-state index contributed by atoms with van der Waals surface area (Å²) < 4.78 is 0. The minimum atomic E-state index is 0.549. The van der Waals surface area contributed by atoms with E-state index >= 15 is 0 Å².